The summed E-state index contributed by atoms with van der Waals surface area (Å²) in [7, 11) is 2.18. The monoisotopic (exact) mass is 285 g/mol. The van der Waals surface area contributed by atoms with E-state index in [4.69, 9.17) is 0 Å². The van der Waals surface area contributed by atoms with E-state index < -0.39 is 0 Å². The Morgan fingerprint density at radius 2 is 1.62 bits per heavy atom. The van der Waals surface area contributed by atoms with E-state index in [1.54, 1.807) is 12.7 Å². The molecule has 5 nitrogen and oxygen atoms in total. The standard InChI is InChI=1S/C16H23N5/c1-13(2)14-4-5-15(20-8-6-19(3)7-9-20)16(10-14)21-11-17-18-12-21/h4-5,10-13H,6-9H2,1-3H3. The van der Waals surface area contributed by atoms with Crippen LogP contribution in [0.3, 0.4) is 0 Å². The lowest BCUT2D eigenvalue weighted by atomic mass is 10.0. The molecule has 2 heterocycles. The molecule has 0 bridgehead atoms. The summed E-state index contributed by atoms with van der Waals surface area (Å²) in [5, 5.41) is 7.92. The molecule has 1 aliphatic rings. The molecule has 1 fully saturated rings. The summed E-state index contributed by atoms with van der Waals surface area (Å²) in [5.74, 6) is 0.516. The summed E-state index contributed by atoms with van der Waals surface area (Å²) in [6.07, 6.45) is 3.55. The van der Waals surface area contributed by atoms with Crippen molar-refractivity contribution in [3.05, 3.63) is 36.4 Å². The number of hydrogen-bond donors (Lipinski definition) is 0. The summed E-state index contributed by atoms with van der Waals surface area (Å²) >= 11 is 0. The Morgan fingerprint density at radius 3 is 2.24 bits per heavy atom. The zero-order valence-corrected chi connectivity index (χ0v) is 13.0. The summed E-state index contributed by atoms with van der Waals surface area (Å²) in [6, 6.07) is 6.75. The van der Waals surface area contributed by atoms with E-state index >= 15 is 0 Å². The van der Waals surface area contributed by atoms with Gasteiger partial charge < -0.3 is 9.80 Å². The first kappa shape index (κ1) is 14.1. The second-order valence-electron chi connectivity index (χ2n) is 6.06. The topological polar surface area (TPSA) is 37.2 Å². The van der Waals surface area contributed by atoms with Crippen molar-refractivity contribution >= 4 is 5.69 Å². The van der Waals surface area contributed by atoms with Crippen LogP contribution in [-0.2, 0) is 0 Å². The number of rotatable bonds is 3. The van der Waals surface area contributed by atoms with Gasteiger partial charge >= 0.3 is 0 Å². The van der Waals surface area contributed by atoms with Gasteiger partial charge in [0.25, 0.3) is 0 Å². The summed E-state index contributed by atoms with van der Waals surface area (Å²) in [6.45, 7) is 8.78. The van der Waals surface area contributed by atoms with Crippen LogP contribution in [0.2, 0.25) is 0 Å². The number of likely N-dealkylation sites (N-methyl/N-ethyl adjacent to an activating group) is 1. The molecule has 1 aromatic carbocycles. The van der Waals surface area contributed by atoms with Gasteiger partial charge in [0.05, 0.1) is 11.4 Å². The average Bonchev–Trinajstić information content (AvgIpc) is 3.01. The van der Waals surface area contributed by atoms with E-state index in [2.05, 4.69) is 59.1 Å². The van der Waals surface area contributed by atoms with Crippen molar-refractivity contribution in [3.8, 4) is 5.69 Å². The van der Waals surface area contributed by atoms with Gasteiger partial charge in [-0.15, -0.1) is 10.2 Å². The Kier molecular flexibility index (Phi) is 3.92. The van der Waals surface area contributed by atoms with Crippen molar-refractivity contribution in [2.24, 2.45) is 0 Å². The SMILES string of the molecule is CC(C)c1ccc(N2CCN(C)CC2)c(-n2cnnc2)c1. The van der Waals surface area contributed by atoms with Crippen LogP contribution in [0.4, 0.5) is 5.69 Å². The lowest BCUT2D eigenvalue weighted by molar-refractivity contribution is 0.313. The predicted molar refractivity (Wildman–Crippen MR) is 85.2 cm³/mol. The third-order valence-electron chi connectivity index (χ3n) is 4.21. The molecule has 0 N–H and O–H groups in total. The fourth-order valence-corrected chi connectivity index (χ4v) is 2.75. The van der Waals surface area contributed by atoms with Crippen LogP contribution in [0.1, 0.15) is 25.3 Å². The van der Waals surface area contributed by atoms with Crippen LogP contribution in [0.5, 0.6) is 0 Å². The minimum Gasteiger partial charge on any atom is -0.367 e. The minimum atomic E-state index is 0.516. The molecule has 1 aromatic heterocycles. The Bertz CT molecular complexity index is 583. The maximum atomic E-state index is 3.96. The summed E-state index contributed by atoms with van der Waals surface area (Å²) in [5.41, 5.74) is 3.79. The molecule has 0 aliphatic carbocycles. The van der Waals surface area contributed by atoms with Crippen LogP contribution in [0.25, 0.3) is 5.69 Å². The molecule has 5 heteroatoms. The number of anilines is 1. The van der Waals surface area contributed by atoms with Crippen molar-refractivity contribution in [1.82, 2.24) is 19.7 Å². The number of benzene rings is 1. The largest absolute Gasteiger partial charge is 0.367 e. The number of nitrogens with zero attached hydrogens (tertiary/aromatic N) is 5. The van der Waals surface area contributed by atoms with Gasteiger partial charge in [-0.1, -0.05) is 19.9 Å². The van der Waals surface area contributed by atoms with E-state index in [0.717, 1.165) is 26.2 Å². The smallest absolute Gasteiger partial charge is 0.123 e. The summed E-state index contributed by atoms with van der Waals surface area (Å²) < 4.78 is 2.01. The van der Waals surface area contributed by atoms with Gasteiger partial charge in [-0.3, -0.25) is 4.57 Å². The van der Waals surface area contributed by atoms with E-state index in [9.17, 15) is 0 Å². The first-order valence-corrected chi connectivity index (χ1v) is 7.57. The second kappa shape index (κ2) is 5.85. The highest BCUT2D eigenvalue weighted by Gasteiger charge is 2.18. The molecule has 3 rings (SSSR count). The van der Waals surface area contributed by atoms with Gasteiger partial charge in [-0.05, 0) is 30.7 Å². The van der Waals surface area contributed by atoms with Gasteiger partial charge in [-0.2, -0.15) is 0 Å². The fraction of sp³-hybridized carbons (Fsp3) is 0.500. The molecule has 21 heavy (non-hydrogen) atoms. The average molecular weight is 285 g/mol. The predicted octanol–water partition coefficient (Wildman–Crippen LogP) is 2.14. The molecule has 0 saturated carbocycles. The zero-order chi connectivity index (χ0) is 14.8. The van der Waals surface area contributed by atoms with Gasteiger partial charge in [-0.25, -0.2) is 0 Å². The Balaban J connectivity index is 1.99. The normalized spacial score (nSPS) is 16.7. The van der Waals surface area contributed by atoms with E-state index in [1.807, 2.05) is 4.57 Å². The van der Waals surface area contributed by atoms with Crippen molar-refractivity contribution in [3.63, 3.8) is 0 Å². The van der Waals surface area contributed by atoms with E-state index in [0.29, 0.717) is 5.92 Å². The lowest BCUT2D eigenvalue weighted by Gasteiger charge is -2.35. The molecule has 1 saturated heterocycles. The van der Waals surface area contributed by atoms with Crippen molar-refractivity contribution in [2.75, 3.05) is 38.1 Å². The van der Waals surface area contributed by atoms with Gasteiger partial charge in [0.15, 0.2) is 0 Å². The summed E-state index contributed by atoms with van der Waals surface area (Å²) in [4.78, 5) is 4.83. The number of hydrogen-bond acceptors (Lipinski definition) is 4. The highest BCUT2D eigenvalue weighted by Crippen LogP contribution is 2.29. The minimum absolute atomic E-state index is 0.516. The Morgan fingerprint density at radius 1 is 0.952 bits per heavy atom. The molecule has 0 radical (unpaired) electrons. The zero-order valence-electron chi connectivity index (χ0n) is 13.0. The fourth-order valence-electron chi connectivity index (χ4n) is 2.75. The molecule has 0 unspecified atom stereocenters. The molecule has 112 valence electrons. The van der Waals surface area contributed by atoms with Crippen LogP contribution in [-0.4, -0.2) is 52.9 Å². The molecule has 0 spiro atoms. The highest BCUT2D eigenvalue weighted by atomic mass is 15.3. The highest BCUT2D eigenvalue weighted by molar-refractivity contribution is 5.64. The van der Waals surface area contributed by atoms with Crippen LogP contribution < -0.4 is 4.90 Å². The second-order valence-corrected chi connectivity index (χ2v) is 6.06. The Hall–Kier alpha value is -1.88. The Labute approximate surface area is 126 Å². The first-order chi connectivity index (χ1) is 10.1. The maximum absolute atomic E-state index is 3.96. The van der Waals surface area contributed by atoms with Crippen molar-refractivity contribution in [2.45, 2.75) is 19.8 Å². The van der Waals surface area contributed by atoms with E-state index in [-0.39, 0.29) is 0 Å². The van der Waals surface area contributed by atoms with Crippen molar-refractivity contribution in [1.29, 1.82) is 0 Å². The molecule has 1 aliphatic heterocycles. The maximum Gasteiger partial charge on any atom is 0.123 e. The van der Waals surface area contributed by atoms with Gasteiger partial charge in [0.1, 0.15) is 12.7 Å². The van der Waals surface area contributed by atoms with Gasteiger partial charge in [0, 0.05) is 26.2 Å². The molecule has 0 atom stereocenters. The van der Waals surface area contributed by atoms with Crippen LogP contribution in [0, 0.1) is 0 Å². The lowest BCUT2D eigenvalue weighted by Crippen LogP contribution is -2.44. The molecule has 2 aromatic rings. The van der Waals surface area contributed by atoms with Crippen LogP contribution in [0.15, 0.2) is 30.9 Å². The third kappa shape index (κ3) is 2.93. The third-order valence-corrected chi connectivity index (χ3v) is 4.21. The van der Waals surface area contributed by atoms with Crippen molar-refractivity contribution < 1.29 is 0 Å². The quantitative estimate of drug-likeness (QED) is 0.866. The first-order valence-electron chi connectivity index (χ1n) is 7.57. The van der Waals surface area contributed by atoms with Crippen LogP contribution >= 0.6 is 0 Å². The molecular formula is C16H23N5. The number of piperazine rings is 1. The molecule has 0 amide bonds. The van der Waals surface area contributed by atoms with E-state index in [1.165, 1.54) is 16.9 Å². The molecular weight excluding hydrogens is 262 g/mol. The number of aromatic nitrogens is 3. The van der Waals surface area contributed by atoms with Gasteiger partial charge in [0.2, 0.25) is 0 Å².